The topological polar surface area (TPSA) is 99.1 Å². The second-order valence-electron chi connectivity index (χ2n) is 12.6. The van der Waals surface area contributed by atoms with E-state index in [-0.39, 0.29) is 17.6 Å². The molecular formula is C36H34ClFN6O3S. The van der Waals surface area contributed by atoms with Crippen molar-refractivity contribution >= 4 is 51.0 Å². The van der Waals surface area contributed by atoms with E-state index < -0.39 is 5.97 Å². The number of rotatable bonds is 1. The molecular weight excluding hydrogens is 651 g/mol. The second-order valence-corrected chi connectivity index (χ2v) is 14.0. The van der Waals surface area contributed by atoms with Gasteiger partial charge in [0.1, 0.15) is 17.3 Å². The number of benzene rings is 3. The minimum Gasteiger partial charge on any atom is -0.493 e. The summed E-state index contributed by atoms with van der Waals surface area (Å²) in [7, 11) is 3.75. The standard InChI is InChI=1S/C36H34ClFN6O3S/c1-19-31-32-28(37)9-8-27-26(34(36(45)46)42(2)33(27)32)5-4-12-47-30-16-24(14-20-13-21(38)6-7-25(20)30)48-18-23-15-22(41-43(23)3)17-39-29-10-11-44(40-19)35(29)31/h6-9,13-16,29,39H,4-5,10-12,17-18H2,1-3H3,(H,45,46)/t29-/m1/s1. The third-order valence-corrected chi connectivity index (χ3v) is 10.9. The highest BCUT2D eigenvalue weighted by Crippen LogP contribution is 2.45. The summed E-state index contributed by atoms with van der Waals surface area (Å²) in [5, 5.41) is 26.9. The number of thioether (sulfide) groups is 1. The average molecular weight is 685 g/mol. The molecule has 0 spiro atoms. The molecule has 12 heteroatoms. The van der Waals surface area contributed by atoms with Gasteiger partial charge in [-0.1, -0.05) is 17.7 Å². The summed E-state index contributed by atoms with van der Waals surface area (Å²) in [6, 6.07) is 14.6. The van der Waals surface area contributed by atoms with Crippen molar-refractivity contribution in [2.45, 2.75) is 56.0 Å². The Morgan fingerprint density at radius 1 is 1.10 bits per heavy atom. The molecule has 3 aromatic heterocycles. The molecule has 5 heterocycles. The molecule has 2 aliphatic heterocycles. The second kappa shape index (κ2) is 12.0. The van der Waals surface area contributed by atoms with Crippen LogP contribution in [-0.4, -0.2) is 41.8 Å². The SMILES string of the molecule is Cc1nn2c3c1-c1c(Cl)ccc4c(c(C(=O)O)n(C)c14)CCCOc1cc(cc4cc(F)ccc14)SCc1cc(nn1C)CN[C@@H]3CC2. The van der Waals surface area contributed by atoms with E-state index in [4.69, 9.17) is 26.5 Å². The van der Waals surface area contributed by atoms with Crippen LogP contribution < -0.4 is 10.1 Å². The van der Waals surface area contributed by atoms with Gasteiger partial charge in [0.2, 0.25) is 0 Å². The number of hydrogen-bond acceptors (Lipinski definition) is 6. The first-order valence-corrected chi connectivity index (χ1v) is 17.4. The van der Waals surface area contributed by atoms with Crippen LogP contribution in [0.25, 0.3) is 32.8 Å². The molecule has 48 heavy (non-hydrogen) atoms. The molecule has 0 saturated heterocycles. The van der Waals surface area contributed by atoms with Gasteiger partial charge in [0.15, 0.2) is 0 Å². The maximum absolute atomic E-state index is 14.3. The third kappa shape index (κ3) is 5.15. The molecule has 3 aromatic carbocycles. The molecule has 2 aliphatic rings. The molecule has 6 aromatic rings. The van der Waals surface area contributed by atoms with Crippen molar-refractivity contribution in [2.24, 2.45) is 14.1 Å². The summed E-state index contributed by atoms with van der Waals surface area (Å²) < 4.78 is 26.4. The van der Waals surface area contributed by atoms with Crippen molar-refractivity contribution in [1.29, 1.82) is 0 Å². The lowest BCUT2D eigenvalue weighted by Crippen LogP contribution is -2.20. The number of carboxylic acids is 1. The fourth-order valence-corrected chi connectivity index (χ4v) is 8.71. The predicted molar refractivity (Wildman–Crippen MR) is 186 cm³/mol. The van der Waals surface area contributed by atoms with Gasteiger partial charge in [-0.3, -0.25) is 9.36 Å². The monoisotopic (exact) mass is 684 g/mol. The van der Waals surface area contributed by atoms with Crippen LogP contribution >= 0.6 is 23.4 Å². The van der Waals surface area contributed by atoms with Crippen LogP contribution in [0.15, 0.2) is 53.4 Å². The maximum Gasteiger partial charge on any atom is 0.352 e. The van der Waals surface area contributed by atoms with Gasteiger partial charge < -0.3 is 19.7 Å². The number of ether oxygens (including phenoxy) is 1. The molecule has 0 radical (unpaired) electrons. The number of hydrogen-bond donors (Lipinski definition) is 2. The number of halogens is 2. The first kappa shape index (κ1) is 31.0. The van der Waals surface area contributed by atoms with Crippen LogP contribution in [0.2, 0.25) is 5.02 Å². The molecule has 2 N–H and O–H groups in total. The van der Waals surface area contributed by atoms with Crippen LogP contribution in [0, 0.1) is 12.7 Å². The van der Waals surface area contributed by atoms with Gasteiger partial charge >= 0.3 is 5.97 Å². The normalized spacial score (nSPS) is 16.6. The highest BCUT2D eigenvalue weighted by molar-refractivity contribution is 7.98. The van der Waals surface area contributed by atoms with E-state index in [0.29, 0.717) is 42.5 Å². The minimum absolute atomic E-state index is 0.00807. The van der Waals surface area contributed by atoms with Crippen molar-refractivity contribution in [3.8, 4) is 16.9 Å². The Hall–Kier alpha value is -4.32. The molecule has 8 bridgehead atoms. The van der Waals surface area contributed by atoms with Crippen molar-refractivity contribution in [1.82, 2.24) is 29.4 Å². The molecule has 9 nitrogen and oxygen atoms in total. The summed E-state index contributed by atoms with van der Waals surface area (Å²) in [6.07, 6.45) is 1.92. The molecule has 246 valence electrons. The quantitative estimate of drug-likeness (QED) is 0.184. The van der Waals surface area contributed by atoms with E-state index >= 15 is 0 Å². The zero-order valence-electron chi connectivity index (χ0n) is 26.8. The van der Waals surface area contributed by atoms with Crippen LogP contribution in [0.3, 0.4) is 0 Å². The Bertz CT molecular complexity index is 2270. The lowest BCUT2D eigenvalue weighted by Gasteiger charge is -2.16. The number of aryl methyl sites for hydroxylation is 5. The van der Waals surface area contributed by atoms with Gasteiger partial charge in [-0.05, 0) is 79.6 Å². The van der Waals surface area contributed by atoms with E-state index in [1.54, 1.807) is 29.4 Å². The van der Waals surface area contributed by atoms with Crippen LogP contribution in [-0.2, 0) is 39.4 Å². The molecule has 0 saturated carbocycles. The van der Waals surface area contributed by atoms with Gasteiger partial charge in [-0.25, -0.2) is 9.18 Å². The molecule has 0 unspecified atom stereocenters. The predicted octanol–water partition coefficient (Wildman–Crippen LogP) is 7.58. The molecule has 1 atom stereocenters. The number of fused-ring (bicyclic) bond motifs is 7. The van der Waals surface area contributed by atoms with Crippen molar-refractivity contribution in [3.63, 3.8) is 0 Å². The Morgan fingerprint density at radius 3 is 2.77 bits per heavy atom. The molecule has 0 amide bonds. The fourth-order valence-electron chi connectivity index (χ4n) is 7.47. The highest BCUT2D eigenvalue weighted by atomic mass is 35.5. The smallest absolute Gasteiger partial charge is 0.352 e. The van der Waals surface area contributed by atoms with E-state index in [1.165, 1.54) is 12.1 Å². The van der Waals surface area contributed by atoms with Crippen LogP contribution in [0.1, 0.15) is 57.7 Å². The number of nitrogens with zero attached hydrogens (tertiary/aromatic N) is 5. The first-order valence-electron chi connectivity index (χ1n) is 16.0. The fraction of sp³-hybridized carbons (Fsp3) is 0.306. The first-order chi connectivity index (χ1) is 23.2. The summed E-state index contributed by atoms with van der Waals surface area (Å²) >= 11 is 8.67. The van der Waals surface area contributed by atoms with E-state index in [2.05, 4.69) is 16.1 Å². The van der Waals surface area contributed by atoms with E-state index in [1.807, 2.05) is 42.9 Å². The van der Waals surface area contributed by atoms with Gasteiger partial charge in [0.05, 0.1) is 40.3 Å². The van der Waals surface area contributed by atoms with Gasteiger partial charge in [-0.2, -0.15) is 10.2 Å². The van der Waals surface area contributed by atoms with Crippen LogP contribution in [0.5, 0.6) is 5.75 Å². The molecule has 0 fully saturated rings. The van der Waals surface area contributed by atoms with Crippen molar-refractivity contribution in [2.75, 3.05) is 6.61 Å². The van der Waals surface area contributed by atoms with Gasteiger partial charge in [0, 0.05) is 65.4 Å². The van der Waals surface area contributed by atoms with Crippen molar-refractivity contribution < 1.29 is 19.0 Å². The van der Waals surface area contributed by atoms with E-state index in [9.17, 15) is 14.3 Å². The number of aromatic carboxylic acids is 1. The van der Waals surface area contributed by atoms with Gasteiger partial charge in [0.25, 0.3) is 0 Å². The van der Waals surface area contributed by atoms with Crippen molar-refractivity contribution in [3.05, 3.63) is 93.4 Å². The Morgan fingerprint density at radius 2 is 1.94 bits per heavy atom. The maximum atomic E-state index is 14.3. The summed E-state index contributed by atoms with van der Waals surface area (Å²) in [4.78, 5) is 13.7. The average Bonchev–Trinajstić information content (AvgIpc) is 3.77. The summed E-state index contributed by atoms with van der Waals surface area (Å²) in [5.74, 6) is 0.0485. The Kier molecular flexibility index (Phi) is 7.73. The Balaban J connectivity index is 1.27. The molecule has 8 rings (SSSR count). The minimum atomic E-state index is -0.995. The number of nitrogens with one attached hydrogen (secondary N) is 1. The lowest BCUT2D eigenvalue weighted by molar-refractivity contribution is 0.0685. The van der Waals surface area contributed by atoms with E-state index in [0.717, 1.165) is 79.0 Å². The third-order valence-electron chi connectivity index (χ3n) is 9.61. The Labute approximate surface area is 285 Å². The number of carboxylic acid groups (broad SMARTS) is 1. The number of carbonyl (C=O) groups is 1. The summed E-state index contributed by atoms with van der Waals surface area (Å²) in [5.41, 5.74) is 7.40. The summed E-state index contributed by atoms with van der Waals surface area (Å²) in [6.45, 7) is 3.67. The highest BCUT2D eigenvalue weighted by Gasteiger charge is 2.33. The van der Waals surface area contributed by atoms with Crippen LogP contribution in [0.4, 0.5) is 4.39 Å². The van der Waals surface area contributed by atoms with Gasteiger partial charge in [-0.15, -0.1) is 11.8 Å². The number of aromatic nitrogens is 5. The lowest BCUT2D eigenvalue weighted by atomic mass is 9.96. The zero-order chi connectivity index (χ0) is 33.3. The largest absolute Gasteiger partial charge is 0.493 e. The molecule has 0 aliphatic carbocycles. The zero-order valence-corrected chi connectivity index (χ0v) is 28.4.